The van der Waals surface area contributed by atoms with Gasteiger partial charge in [-0.3, -0.25) is 0 Å². The van der Waals surface area contributed by atoms with Crippen LogP contribution >= 0.6 is 11.6 Å². The lowest BCUT2D eigenvalue weighted by atomic mass is 10.1. The van der Waals surface area contributed by atoms with Crippen LogP contribution in [0.5, 0.6) is 5.75 Å². The van der Waals surface area contributed by atoms with Gasteiger partial charge in [0.2, 0.25) is 0 Å². The van der Waals surface area contributed by atoms with Crippen molar-refractivity contribution in [3.05, 3.63) is 100 Å². The summed E-state index contributed by atoms with van der Waals surface area (Å²) in [6, 6.07) is 22.8. The summed E-state index contributed by atoms with van der Waals surface area (Å²) in [5.41, 5.74) is 2.88. The molecule has 0 unspecified atom stereocenters. The molecule has 0 aromatic heterocycles. The second kappa shape index (κ2) is 9.37. The van der Waals surface area contributed by atoms with E-state index in [1.165, 1.54) is 17.2 Å². The first-order valence-corrected chi connectivity index (χ1v) is 8.99. The lowest BCUT2D eigenvalue weighted by molar-refractivity contribution is 0.300. The highest BCUT2D eigenvalue weighted by Crippen LogP contribution is 2.21. The largest absolute Gasteiger partial charge is 0.489 e. The van der Waals surface area contributed by atoms with E-state index in [2.05, 4.69) is 29.6 Å². The molecule has 134 valence electrons. The number of ether oxygens (including phenoxy) is 1. The number of hydrogen-bond donors (Lipinski definition) is 1. The van der Waals surface area contributed by atoms with E-state index in [1.54, 1.807) is 12.1 Å². The number of rotatable bonds is 8. The molecule has 0 amide bonds. The van der Waals surface area contributed by atoms with E-state index >= 15 is 0 Å². The zero-order chi connectivity index (χ0) is 18.2. The Morgan fingerprint density at radius 1 is 0.846 bits per heavy atom. The van der Waals surface area contributed by atoms with E-state index in [0.717, 1.165) is 19.5 Å². The summed E-state index contributed by atoms with van der Waals surface area (Å²) in [4.78, 5) is 0. The van der Waals surface area contributed by atoms with Gasteiger partial charge in [0.05, 0.1) is 5.02 Å². The number of benzene rings is 3. The van der Waals surface area contributed by atoms with Gasteiger partial charge in [-0.1, -0.05) is 60.1 Å². The summed E-state index contributed by atoms with van der Waals surface area (Å²) in [5.74, 6) is 0.342. The average Bonchev–Trinajstić information content (AvgIpc) is 2.67. The van der Waals surface area contributed by atoms with E-state index in [1.807, 2.05) is 30.3 Å². The van der Waals surface area contributed by atoms with Gasteiger partial charge in [0.25, 0.3) is 0 Å². The third-order valence-corrected chi connectivity index (χ3v) is 4.48. The standard InChI is InChI=1S/C22H21ClFNO/c23-21-7-4-8-22(24)20(21)16-26-19-11-9-18(10-12-19)15-25-14-13-17-5-2-1-3-6-17/h1-12,25H,13-16H2. The number of halogens is 2. The van der Waals surface area contributed by atoms with Gasteiger partial charge >= 0.3 is 0 Å². The Hall–Kier alpha value is -2.36. The molecule has 0 atom stereocenters. The van der Waals surface area contributed by atoms with Crippen LogP contribution in [0.25, 0.3) is 0 Å². The van der Waals surface area contributed by atoms with Crippen molar-refractivity contribution in [1.29, 1.82) is 0 Å². The Labute approximate surface area is 158 Å². The van der Waals surface area contributed by atoms with Crippen LogP contribution in [0.15, 0.2) is 72.8 Å². The highest BCUT2D eigenvalue weighted by atomic mass is 35.5. The Morgan fingerprint density at radius 3 is 2.35 bits per heavy atom. The molecule has 0 heterocycles. The smallest absolute Gasteiger partial charge is 0.131 e. The molecule has 1 N–H and O–H groups in total. The molecule has 0 saturated carbocycles. The van der Waals surface area contributed by atoms with Gasteiger partial charge in [0.15, 0.2) is 0 Å². The molecule has 0 radical (unpaired) electrons. The highest BCUT2D eigenvalue weighted by Gasteiger charge is 2.07. The average molecular weight is 370 g/mol. The fraction of sp³-hybridized carbons (Fsp3) is 0.182. The predicted octanol–water partition coefficient (Wildman–Crippen LogP) is 5.39. The van der Waals surface area contributed by atoms with E-state index in [-0.39, 0.29) is 12.4 Å². The summed E-state index contributed by atoms with van der Waals surface area (Å²) >= 11 is 6.01. The molecule has 3 rings (SSSR count). The molecule has 0 fully saturated rings. The van der Waals surface area contributed by atoms with Gasteiger partial charge in [-0.05, 0) is 48.4 Å². The summed E-state index contributed by atoms with van der Waals surface area (Å²) in [7, 11) is 0. The molecule has 0 bridgehead atoms. The van der Waals surface area contributed by atoms with Crippen LogP contribution in [0.4, 0.5) is 4.39 Å². The third kappa shape index (κ3) is 5.32. The van der Waals surface area contributed by atoms with Gasteiger partial charge < -0.3 is 10.1 Å². The van der Waals surface area contributed by atoms with Gasteiger partial charge in [-0.25, -0.2) is 4.39 Å². The van der Waals surface area contributed by atoms with Crippen LogP contribution in [0.3, 0.4) is 0 Å². The van der Waals surface area contributed by atoms with Crippen LogP contribution in [0, 0.1) is 5.82 Å². The lowest BCUT2D eigenvalue weighted by Gasteiger charge is -2.10. The minimum atomic E-state index is -0.350. The van der Waals surface area contributed by atoms with Crippen LogP contribution < -0.4 is 10.1 Å². The summed E-state index contributed by atoms with van der Waals surface area (Å²) < 4.78 is 19.4. The second-order valence-electron chi connectivity index (χ2n) is 6.05. The van der Waals surface area contributed by atoms with Crippen molar-refractivity contribution < 1.29 is 9.13 Å². The van der Waals surface area contributed by atoms with Crippen molar-refractivity contribution in [2.24, 2.45) is 0 Å². The molecule has 0 saturated heterocycles. The minimum Gasteiger partial charge on any atom is -0.489 e. The van der Waals surface area contributed by atoms with Crippen LogP contribution in [-0.2, 0) is 19.6 Å². The topological polar surface area (TPSA) is 21.3 Å². The maximum Gasteiger partial charge on any atom is 0.131 e. The molecule has 3 aromatic rings. The van der Waals surface area contributed by atoms with Crippen molar-refractivity contribution >= 4 is 11.6 Å². The van der Waals surface area contributed by atoms with E-state index in [9.17, 15) is 4.39 Å². The van der Waals surface area contributed by atoms with E-state index < -0.39 is 0 Å². The van der Waals surface area contributed by atoms with Crippen LogP contribution in [0.2, 0.25) is 5.02 Å². The van der Waals surface area contributed by atoms with Crippen molar-refractivity contribution in [3.8, 4) is 5.75 Å². The monoisotopic (exact) mass is 369 g/mol. The Bertz CT molecular complexity index is 801. The molecule has 2 nitrogen and oxygen atoms in total. The first kappa shape index (κ1) is 18.4. The molecular weight excluding hydrogens is 349 g/mol. The van der Waals surface area contributed by atoms with Crippen molar-refractivity contribution in [2.45, 2.75) is 19.6 Å². The molecule has 0 aliphatic rings. The molecule has 0 aliphatic heterocycles. The number of hydrogen-bond acceptors (Lipinski definition) is 2. The van der Waals surface area contributed by atoms with E-state index in [0.29, 0.717) is 16.3 Å². The molecule has 3 aromatic carbocycles. The third-order valence-electron chi connectivity index (χ3n) is 4.13. The maximum atomic E-state index is 13.7. The summed E-state index contributed by atoms with van der Waals surface area (Å²) in [6.45, 7) is 1.83. The van der Waals surface area contributed by atoms with Crippen LogP contribution in [-0.4, -0.2) is 6.54 Å². The van der Waals surface area contributed by atoms with Crippen molar-refractivity contribution in [2.75, 3.05) is 6.54 Å². The zero-order valence-corrected chi connectivity index (χ0v) is 15.2. The molecule has 0 aliphatic carbocycles. The Balaban J connectivity index is 1.44. The Morgan fingerprint density at radius 2 is 1.62 bits per heavy atom. The molecular formula is C22H21ClFNO. The zero-order valence-electron chi connectivity index (χ0n) is 14.4. The number of nitrogens with one attached hydrogen (secondary N) is 1. The highest BCUT2D eigenvalue weighted by molar-refractivity contribution is 6.31. The van der Waals surface area contributed by atoms with Crippen molar-refractivity contribution in [1.82, 2.24) is 5.32 Å². The minimum absolute atomic E-state index is 0.111. The lowest BCUT2D eigenvalue weighted by Crippen LogP contribution is -2.16. The first-order chi connectivity index (χ1) is 12.7. The van der Waals surface area contributed by atoms with Crippen LogP contribution in [0.1, 0.15) is 16.7 Å². The van der Waals surface area contributed by atoms with Gasteiger partial charge in [-0.15, -0.1) is 0 Å². The summed E-state index contributed by atoms with van der Waals surface area (Å²) in [6.07, 6.45) is 1.01. The van der Waals surface area contributed by atoms with Gasteiger partial charge in [0.1, 0.15) is 18.2 Å². The van der Waals surface area contributed by atoms with Gasteiger partial charge in [-0.2, -0.15) is 0 Å². The SMILES string of the molecule is Fc1cccc(Cl)c1COc1ccc(CNCCc2ccccc2)cc1. The molecule has 4 heteroatoms. The quantitative estimate of drug-likeness (QED) is 0.537. The van der Waals surface area contributed by atoms with Gasteiger partial charge in [0, 0.05) is 12.1 Å². The fourth-order valence-corrected chi connectivity index (χ4v) is 2.86. The maximum absolute atomic E-state index is 13.7. The first-order valence-electron chi connectivity index (χ1n) is 8.61. The molecule has 0 spiro atoms. The second-order valence-corrected chi connectivity index (χ2v) is 6.45. The van der Waals surface area contributed by atoms with Crippen molar-refractivity contribution in [3.63, 3.8) is 0 Å². The normalized spacial score (nSPS) is 10.7. The molecule has 26 heavy (non-hydrogen) atoms. The fourth-order valence-electron chi connectivity index (χ4n) is 2.64. The summed E-state index contributed by atoms with van der Waals surface area (Å²) in [5, 5.41) is 3.81. The Kier molecular flexibility index (Phi) is 6.64. The van der Waals surface area contributed by atoms with E-state index in [4.69, 9.17) is 16.3 Å². The predicted molar refractivity (Wildman–Crippen MR) is 104 cm³/mol.